The number of rotatable bonds is 8. The SMILES string of the molecule is CO[C@H]1/C=C\C=C(/C)C(=O)NC2=CC(=O)C(NCCCN(C)C)=C(C[C@@H](C)C[C@H](OC)[C@H](O)[C@@H](C)/C=C(\C)[C@@H]1OC(N)=O)C2=O. The maximum atomic E-state index is 13.7. The lowest BCUT2D eigenvalue weighted by atomic mass is 9.85. The van der Waals surface area contributed by atoms with Crippen LogP contribution in [0.15, 0.2) is 58.5 Å². The van der Waals surface area contributed by atoms with Crippen molar-refractivity contribution in [1.82, 2.24) is 15.5 Å². The molecule has 250 valence electrons. The van der Waals surface area contributed by atoms with Crippen molar-refractivity contribution in [1.29, 1.82) is 0 Å². The van der Waals surface area contributed by atoms with Crippen molar-refractivity contribution in [3.8, 4) is 0 Å². The second-order valence-electron chi connectivity index (χ2n) is 12.0. The molecule has 0 radical (unpaired) electrons. The Bertz CT molecular complexity index is 1250. The molecule has 0 aromatic heterocycles. The van der Waals surface area contributed by atoms with Crippen LogP contribution in [0.3, 0.4) is 0 Å². The van der Waals surface area contributed by atoms with Gasteiger partial charge in [-0.3, -0.25) is 14.4 Å². The van der Waals surface area contributed by atoms with Crippen molar-refractivity contribution in [3.63, 3.8) is 0 Å². The van der Waals surface area contributed by atoms with E-state index in [1.54, 1.807) is 32.1 Å². The predicted molar refractivity (Wildman–Crippen MR) is 171 cm³/mol. The molecule has 12 nitrogen and oxygen atoms in total. The van der Waals surface area contributed by atoms with Gasteiger partial charge in [-0.2, -0.15) is 0 Å². The minimum absolute atomic E-state index is 0.109. The molecule has 1 heterocycles. The molecule has 0 aromatic carbocycles. The summed E-state index contributed by atoms with van der Waals surface area (Å²) >= 11 is 0. The summed E-state index contributed by atoms with van der Waals surface area (Å²) in [5.74, 6) is -2.04. The summed E-state index contributed by atoms with van der Waals surface area (Å²) in [6.07, 6.45) is 4.67. The Morgan fingerprint density at radius 2 is 1.84 bits per heavy atom. The van der Waals surface area contributed by atoms with Crippen LogP contribution < -0.4 is 16.4 Å². The molecule has 6 atom stereocenters. The van der Waals surface area contributed by atoms with Gasteiger partial charge in [0, 0.05) is 43.9 Å². The fourth-order valence-corrected chi connectivity index (χ4v) is 5.39. The Hall–Kier alpha value is -3.58. The molecule has 0 saturated carbocycles. The number of carbonyl (C=O) groups is 4. The molecule has 0 unspecified atom stereocenters. The van der Waals surface area contributed by atoms with Gasteiger partial charge in [-0.05, 0) is 65.2 Å². The lowest BCUT2D eigenvalue weighted by molar-refractivity contribution is -0.120. The highest BCUT2D eigenvalue weighted by molar-refractivity contribution is 6.23. The van der Waals surface area contributed by atoms with Gasteiger partial charge in [0.2, 0.25) is 11.6 Å². The van der Waals surface area contributed by atoms with E-state index in [0.29, 0.717) is 18.5 Å². The van der Waals surface area contributed by atoms with Crippen molar-refractivity contribution in [3.05, 3.63) is 58.5 Å². The monoisotopic (exact) mass is 630 g/mol. The quantitative estimate of drug-likeness (QED) is 0.177. The second kappa shape index (κ2) is 17.8. The molecule has 0 fully saturated rings. The van der Waals surface area contributed by atoms with E-state index in [1.807, 2.05) is 32.8 Å². The maximum absolute atomic E-state index is 13.7. The molecule has 1 aliphatic carbocycles. The summed E-state index contributed by atoms with van der Waals surface area (Å²) in [6.45, 7) is 8.32. The number of allylic oxidation sites excluding steroid dienone is 4. The highest BCUT2D eigenvalue weighted by atomic mass is 16.6. The van der Waals surface area contributed by atoms with Crippen molar-refractivity contribution in [2.75, 3.05) is 41.4 Å². The van der Waals surface area contributed by atoms with Crippen LogP contribution in [0.25, 0.3) is 0 Å². The summed E-state index contributed by atoms with van der Waals surface area (Å²) in [4.78, 5) is 53.9. The normalized spacial score (nSPS) is 30.5. The number of hydrogen-bond donors (Lipinski definition) is 4. The minimum Gasteiger partial charge on any atom is -0.439 e. The van der Waals surface area contributed by atoms with Crippen LogP contribution in [0.2, 0.25) is 0 Å². The Balaban J connectivity index is 2.58. The summed E-state index contributed by atoms with van der Waals surface area (Å²) in [6, 6.07) is 0. The summed E-state index contributed by atoms with van der Waals surface area (Å²) in [7, 11) is 6.85. The number of ketones is 2. The topological polar surface area (TPSA) is 170 Å². The second-order valence-corrected chi connectivity index (χ2v) is 12.0. The Kier molecular flexibility index (Phi) is 14.9. The molecule has 5 N–H and O–H groups in total. The number of primary amides is 1. The molecule has 2 bridgehead atoms. The Labute approximate surface area is 266 Å². The van der Waals surface area contributed by atoms with Crippen molar-refractivity contribution < 1.29 is 38.5 Å². The zero-order valence-corrected chi connectivity index (χ0v) is 27.7. The van der Waals surface area contributed by atoms with Crippen molar-refractivity contribution >= 4 is 23.6 Å². The fourth-order valence-electron chi connectivity index (χ4n) is 5.39. The van der Waals surface area contributed by atoms with Gasteiger partial charge < -0.3 is 40.6 Å². The fraction of sp³-hybridized carbons (Fsp3) is 0.576. The third-order valence-electron chi connectivity index (χ3n) is 7.88. The van der Waals surface area contributed by atoms with Gasteiger partial charge in [0.1, 0.15) is 6.10 Å². The average molecular weight is 631 g/mol. The van der Waals surface area contributed by atoms with E-state index < -0.39 is 53.9 Å². The number of hydrogen-bond acceptors (Lipinski definition) is 10. The number of nitrogens with one attached hydrogen (secondary N) is 2. The van der Waals surface area contributed by atoms with Gasteiger partial charge in [0.25, 0.3) is 5.91 Å². The lowest BCUT2D eigenvalue weighted by Crippen LogP contribution is -2.38. The summed E-state index contributed by atoms with van der Waals surface area (Å²) in [5.41, 5.74) is 6.59. The standard InChI is InChI=1S/C33H50N4O8/c1-19-15-23-28(35-13-10-14-37(5)6)25(38)18-24(30(23)40)36-32(41)20(2)11-9-12-26(43-7)31(45-33(34)42)22(4)17-21(3)29(39)27(16-19)44-8/h9,11-12,17-19,21,26-27,29,31,35,39H,10,13-16H2,1-8H3,(H2,34,42)(H,36,41)/b12-9-,20-11+,22-17+/t19-,21+,26+,27+,29-,31+/m1/s1. The number of fused-ring (bicyclic) bond motifs is 2. The number of nitrogens with zero attached hydrogens (tertiary/aromatic N) is 1. The van der Waals surface area contributed by atoms with Crippen LogP contribution in [0.1, 0.15) is 47.0 Å². The van der Waals surface area contributed by atoms with Gasteiger partial charge in [-0.15, -0.1) is 0 Å². The molecule has 45 heavy (non-hydrogen) atoms. The maximum Gasteiger partial charge on any atom is 0.405 e. The molecular weight excluding hydrogens is 580 g/mol. The van der Waals surface area contributed by atoms with Crippen molar-refractivity contribution in [2.24, 2.45) is 17.6 Å². The third kappa shape index (κ3) is 11.1. The first-order valence-corrected chi connectivity index (χ1v) is 15.2. The van der Waals surface area contributed by atoms with E-state index in [2.05, 4.69) is 10.6 Å². The van der Waals surface area contributed by atoms with Gasteiger partial charge in [-0.1, -0.05) is 38.2 Å². The van der Waals surface area contributed by atoms with E-state index in [9.17, 15) is 24.3 Å². The van der Waals surface area contributed by atoms with Crippen LogP contribution in [-0.4, -0.2) is 99.4 Å². The number of methoxy groups -OCH3 is 2. The number of carbonyl (C=O) groups excluding carboxylic acids is 4. The van der Waals surface area contributed by atoms with Crippen LogP contribution >= 0.6 is 0 Å². The molecule has 0 spiro atoms. The highest BCUT2D eigenvalue weighted by Gasteiger charge is 2.33. The molecule has 1 aliphatic heterocycles. The van der Waals surface area contributed by atoms with Crippen LogP contribution in [0, 0.1) is 11.8 Å². The number of aliphatic hydroxyl groups excluding tert-OH is 1. The molecule has 0 saturated heterocycles. The molecule has 2 aliphatic rings. The van der Waals surface area contributed by atoms with Crippen molar-refractivity contribution in [2.45, 2.75) is 71.4 Å². The first-order valence-electron chi connectivity index (χ1n) is 15.2. The smallest absolute Gasteiger partial charge is 0.405 e. The molecule has 0 aromatic rings. The molecular formula is C33H50N4O8. The Morgan fingerprint density at radius 3 is 2.44 bits per heavy atom. The summed E-state index contributed by atoms with van der Waals surface area (Å²) in [5, 5.41) is 17.1. The molecule has 12 heteroatoms. The first kappa shape index (κ1) is 37.6. The predicted octanol–water partition coefficient (Wildman–Crippen LogP) is 2.30. The average Bonchev–Trinajstić information content (AvgIpc) is 2.97. The number of nitrogens with two attached hydrogens (primary N) is 1. The van der Waals surface area contributed by atoms with Gasteiger partial charge in [0.15, 0.2) is 6.10 Å². The van der Waals surface area contributed by atoms with Crippen LogP contribution in [0.4, 0.5) is 4.79 Å². The van der Waals surface area contributed by atoms with E-state index in [1.165, 1.54) is 20.3 Å². The van der Waals surface area contributed by atoms with Gasteiger partial charge >= 0.3 is 6.09 Å². The molecule has 2 amide bonds. The van der Waals surface area contributed by atoms with Crippen LogP contribution in [-0.2, 0) is 28.6 Å². The number of amides is 2. The highest BCUT2D eigenvalue weighted by Crippen LogP contribution is 2.29. The first-order chi connectivity index (χ1) is 21.2. The zero-order valence-electron chi connectivity index (χ0n) is 27.7. The van der Waals surface area contributed by atoms with Gasteiger partial charge in [-0.25, -0.2) is 4.79 Å². The largest absolute Gasteiger partial charge is 0.439 e. The van der Waals surface area contributed by atoms with E-state index in [-0.39, 0.29) is 34.9 Å². The summed E-state index contributed by atoms with van der Waals surface area (Å²) < 4.78 is 16.6. The third-order valence-corrected chi connectivity index (χ3v) is 7.88. The minimum atomic E-state index is -0.996. The van der Waals surface area contributed by atoms with Crippen LogP contribution in [0.5, 0.6) is 0 Å². The Morgan fingerprint density at radius 1 is 1.16 bits per heavy atom. The molecule has 2 rings (SSSR count). The zero-order chi connectivity index (χ0) is 33.8. The van der Waals surface area contributed by atoms with E-state index in [0.717, 1.165) is 19.0 Å². The van der Waals surface area contributed by atoms with E-state index in [4.69, 9.17) is 19.9 Å². The number of ether oxygens (including phenoxy) is 3. The lowest BCUT2D eigenvalue weighted by Gasteiger charge is -2.30. The van der Waals surface area contributed by atoms with Gasteiger partial charge in [0.05, 0.1) is 23.6 Å². The number of aliphatic hydroxyl groups is 1. The number of Topliss-reactive ketones (excluding diaryl/α,β-unsaturated/α-hetero) is 1. The van der Waals surface area contributed by atoms with E-state index >= 15 is 0 Å².